The SMILES string of the molecule is COC(O)C(F)(OC(C)C)C(F)(F)F. The van der Waals surface area contributed by atoms with Gasteiger partial charge in [-0.25, -0.2) is 0 Å². The van der Waals surface area contributed by atoms with Crippen LogP contribution in [-0.2, 0) is 9.47 Å². The number of hydrogen-bond donors (Lipinski definition) is 1. The predicted molar refractivity (Wildman–Crippen MR) is 39.1 cm³/mol. The van der Waals surface area contributed by atoms with E-state index in [1.807, 2.05) is 0 Å². The van der Waals surface area contributed by atoms with Gasteiger partial charge in [-0.05, 0) is 13.8 Å². The molecule has 0 saturated carbocycles. The molecule has 7 heteroatoms. The summed E-state index contributed by atoms with van der Waals surface area (Å²) in [7, 11) is 0.744. The van der Waals surface area contributed by atoms with Crippen molar-refractivity contribution in [1.29, 1.82) is 0 Å². The monoisotopic (exact) mass is 220 g/mol. The number of aliphatic hydroxyl groups is 1. The summed E-state index contributed by atoms with van der Waals surface area (Å²) in [6.07, 6.45) is -9.09. The van der Waals surface area contributed by atoms with Gasteiger partial charge in [-0.1, -0.05) is 0 Å². The van der Waals surface area contributed by atoms with Crippen molar-refractivity contribution >= 4 is 0 Å². The highest BCUT2D eigenvalue weighted by Crippen LogP contribution is 2.38. The van der Waals surface area contributed by atoms with E-state index in [4.69, 9.17) is 5.11 Å². The van der Waals surface area contributed by atoms with Gasteiger partial charge in [0.1, 0.15) is 0 Å². The third kappa shape index (κ3) is 2.79. The molecule has 0 aromatic carbocycles. The largest absolute Gasteiger partial charge is 0.453 e. The zero-order valence-corrected chi connectivity index (χ0v) is 7.93. The highest BCUT2D eigenvalue weighted by atomic mass is 19.4. The van der Waals surface area contributed by atoms with Crippen LogP contribution < -0.4 is 0 Å². The molecule has 0 spiro atoms. The molecule has 3 nitrogen and oxygen atoms in total. The smallest absolute Gasteiger partial charge is 0.363 e. The van der Waals surface area contributed by atoms with Crippen LogP contribution in [0.2, 0.25) is 0 Å². The van der Waals surface area contributed by atoms with E-state index in [0.29, 0.717) is 0 Å². The van der Waals surface area contributed by atoms with E-state index in [0.717, 1.165) is 7.11 Å². The first-order chi connectivity index (χ1) is 6.15. The minimum absolute atomic E-state index is 0.744. The number of hydrogen-bond acceptors (Lipinski definition) is 3. The minimum Gasteiger partial charge on any atom is -0.363 e. The number of methoxy groups -OCH3 is 1. The molecule has 0 aliphatic heterocycles. The van der Waals surface area contributed by atoms with Crippen molar-refractivity contribution in [1.82, 2.24) is 0 Å². The summed E-state index contributed by atoms with van der Waals surface area (Å²) >= 11 is 0. The summed E-state index contributed by atoms with van der Waals surface area (Å²) in [5.74, 6) is -4.20. The Morgan fingerprint density at radius 2 is 1.57 bits per heavy atom. The third-order valence-corrected chi connectivity index (χ3v) is 1.33. The van der Waals surface area contributed by atoms with Gasteiger partial charge in [0.25, 0.3) is 0 Å². The maximum absolute atomic E-state index is 13.2. The van der Waals surface area contributed by atoms with Gasteiger partial charge in [-0.2, -0.15) is 17.6 Å². The Bertz CT molecular complexity index is 182. The third-order valence-electron chi connectivity index (χ3n) is 1.33. The second-order valence-corrected chi connectivity index (χ2v) is 2.90. The molecule has 0 rings (SSSR count). The number of ether oxygens (including phenoxy) is 2. The topological polar surface area (TPSA) is 38.7 Å². The molecular formula is C7H12F4O3. The van der Waals surface area contributed by atoms with E-state index >= 15 is 0 Å². The van der Waals surface area contributed by atoms with Crippen LogP contribution in [0.5, 0.6) is 0 Å². The summed E-state index contributed by atoms with van der Waals surface area (Å²) < 4.78 is 57.6. The molecule has 2 atom stereocenters. The normalized spacial score (nSPS) is 19.5. The lowest BCUT2D eigenvalue weighted by atomic mass is 10.2. The highest BCUT2D eigenvalue weighted by Gasteiger charge is 2.63. The van der Waals surface area contributed by atoms with Crippen LogP contribution in [0.4, 0.5) is 17.6 Å². The van der Waals surface area contributed by atoms with Gasteiger partial charge in [-0.3, -0.25) is 0 Å². The van der Waals surface area contributed by atoms with Gasteiger partial charge in [0.15, 0.2) is 0 Å². The summed E-state index contributed by atoms with van der Waals surface area (Å²) in [6.45, 7) is 2.42. The molecule has 0 radical (unpaired) electrons. The van der Waals surface area contributed by atoms with Crippen LogP contribution in [0, 0.1) is 0 Å². The Labute approximate surface area is 78.6 Å². The fraction of sp³-hybridized carbons (Fsp3) is 1.00. The van der Waals surface area contributed by atoms with Crippen molar-refractivity contribution < 1.29 is 32.1 Å². The van der Waals surface area contributed by atoms with Crippen LogP contribution in [-0.4, -0.2) is 36.6 Å². The quantitative estimate of drug-likeness (QED) is 0.577. The molecule has 0 heterocycles. The lowest BCUT2D eigenvalue weighted by molar-refractivity contribution is -0.403. The summed E-state index contributed by atoms with van der Waals surface area (Å²) in [4.78, 5) is 0. The molecule has 86 valence electrons. The van der Waals surface area contributed by atoms with E-state index in [1.165, 1.54) is 13.8 Å². The zero-order valence-electron chi connectivity index (χ0n) is 7.93. The molecule has 0 aromatic heterocycles. The number of aliphatic hydroxyl groups excluding tert-OH is 1. The molecule has 2 unspecified atom stereocenters. The van der Waals surface area contributed by atoms with Crippen LogP contribution in [0.25, 0.3) is 0 Å². The maximum atomic E-state index is 13.2. The zero-order chi connectivity index (χ0) is 11.6. The number of alkyl halides is 4. The van der Waals surface area contributed by atoms with E-state index < -0.39 is 24.4 Å². The summed E-state index contributed by atoms with van der Waals surface area (Å²) in [6, 6.07) is 0. The second kappa shape index (κ2) is 4.41. The molecule has 0 saturated heterocycles. The predicted octanol–water partition coefficient (Wildman–Crippen LogP) is 1.60. The van der Waals surface area contributed by atoms with E-state index in [2.05, 4.69) is 9.47 Å². The Hall–Kier alpha value is -0.400. The van der Waals surface area contributed by atoms with Crippen LogP contribution in [0.15, 0.2) is 0 Å². The van der Waals surface area contributed by atoms with Gasteiger partial charge >= 0.3 is 12.0 Å². The van der Waals surface area contributed by atoms with Gasteiger partial charge in [0.05, 0.1) is 6.10 Å². The highest BCUT2D eigenvalue weighted by molar-refractivity contribution is 4.81. The lowest BCUT2D eigenvalue weighted by Gasteiger charge is -2.32. The minimum atomic E-state index is -5.35. The standard InChI is InChI=1S/C7H12F4O3/c1-4(2)14-6(8,5(12)13-3)7(9,10)11/h4-5,12H,1-3H3. The van der Waals surface area contributed by atoms with Crippen LogP contribution in [0.1, 0.15) is 13.8 Å². The Balaban J connectivity index is 4.85. The fourth-order valence-corrected chi connectivity index (χ4v) is 0.760. The second-order valence-electron chi connectivity index (χ2n) is 2.90. The van der Waals surface area contributed by atoms with Crippen molar-refractivity contribution in [2.24, 2.45) is 0 Å². The van der Waals surface area contributed by atoms with Crippen molar-refractivity contribution in [2.75, 3.05) is 7.11 Å². The summed E-state index contributed by atoms with van der Waals surface area (Å²) in [5, 5.41) is 8.72. The Kier molecular flexibility index (Phi) is 4.29. The average molecular weight is 220 g/mol. The first-order valence-corrected chi connectivity index (χ1v) is 3.79. The van der Waals surface area contributed by atoms with Crippen LogP contribution >= 0.6 is 0 Å². The molecule has 0 amide bonds. The molecule has 0 aromatic rings. The molecule has 0 aliphatic rings. The van der Waals surface area contributed by atoms with E-state index in [1.54, 1.807) is 0 Å². The van der Waals surface area contributed by atoms with Crippen molar-refractivity contribution in [3.05, 3.63) is 0 Å². The van der Waals surface area contributed by atoms with Gasteiger partial charge in [0, 0.05) is 7.11 Å². The van der Waals surface area contributed by atoms with Gasteiger partial charge < -0.3 is 14.6 Å². The summed E-state index contributed by atoms with van der Waals surface area (Å²) in [5.41, 5.74) is 0. The number of halogens is 4. The fourth-order valence-electron chi connectivity index (χ4n) is 0.760. The Morgan fingerprint density at radius 3 is 1.79 bits per heavy atom. The average Bonchev–Trinajstić information content (AvgIpc) is 1.99. The van der Waals surface area contributed by atoms with Gasteiger partial charge in [-0.15, -0.1) is 0 Å². The van der Waals surface area contributed by atoms with Gasteiger partial charge in [0.2, 0.25) is 6.29 Å². The van der Waals surface area contributed by atoms with Crippen molar-refractivity contribution in [2.45, 2.75) is 38.3 Å². The molecular weight excluding hydrogens is 208 g/mol. The first-order valence-electron chi connectivity index (χ1n) is 3.79. The Morgan fingerprint density at radius 1 is 1.14 bits per heavy atom. The van der Waals surface area contributed by atoms with E-state index in [9.17, 15) is 17.6 Å². The van der Waals surface area contributed by atoms with Crippen molar-refractivity contribution in [3.63, 3.8) is 0 Å². The molecule has 0 aliphatic carbocycles. The molecule has 14 heavy (non-hydrogen) atoms. The molecule has 0 fully saturated rings. The number of rotatable bonds is 4. The van der Waals surface area contributed by atoms with Crippen LogP contribution in [0.3, 0.4) is 0 Å². The first kappa shape index (κ1) is 13.6. The maximum Gasteiger partial charge on any atom is 0.453 e. The van der Waals surface area contributed by atoms with Crippen molar-refractivity contribution in [3.8, 4) is 0 Å². The lowest BCUT2D eigenvalue weighted by Crippen LogP contribution is -2.54. The van der Waals surface area contributed by atoms with E-state index in [-0.39, 0.29) is 0 Å². The molecule has 0 bridgehead atoms. The molecule has 1 N–H and O–H groups in total.